The first kappa shape index (κ1) is 6.12. The van der Waals surface area contributed by atoms with Crippen molar-refractivity contribution in [2.45, 2.75) is 25.9 Å². The zero-order valence-electron chi connectivity index (χ0n) is 4.82. The summed E-state index contributed by atoms with van der Waals surface area (Å²) in [5.41, 5.74) is 1.14. The van der Waals surface area contributed by atoms with Crippen LogP contribution in [0.5, 0.6) is 0 Å². The van der Waals surface area contributed by atoms with E-state index in [9.17, 15) is 0 Å². The topological polar surface area (TPSA) is 20.2 Å². The molecular formula is C6H9ClO. The molecule has 0 spiro atoms. The molecular weight excluding hydrogens is 124 g/mol. The lowest BCUT2D eigenvalue weighted by atomic mass is 10.2. The van der Waals surface area contributed by atoms with Crippen molar-refractivity contribution in [2.75, 3.05) is 0 Å². The van der Waals surface area contributed by atoms with E-state index in [4.69, 9.17) is 16.7 Å². The highest BCUT2D eigenvalue weighted by Gasteiger charge is 2.16. The Balaban J connectivity index is 2.60. The minimum Gasteiger partial charge on any atom is -0.392 e. The fourth-order valence-electron chi connectivity index (χ4n) is 0.917. The van der Waals surface area contributed by atoms with Gasteiger partial charge in [-0.15, -0.1) is 0 Å². The fourth-order valence-corrected chi connectivity index (χ4v) is 1.17. The van der Waals surface area contributed by atoms with Crippen molar-refractivity contribution in [2.24, 2.45) is 0 Å². The molecule has 46 valence electrons. The van der Waals surface area contributed by atoms with Crippen LogP contribution in [-0.4, -0.2) is 11.2 Å². The van der Waals surface area contributed by atoms with Crippen LogP contribution in [0.15, 0.2) is 10.6 Å². The highest BCUT2D eigenvalue weighted by atomic mass is 35.5. The van der Waals surface area contributed by atoms with E-state index < -0.39 is 0 Å². The normalized spacial score (nSPS) is 29.6. The predicted molar refractivity (Wildman–Crippen MR) is 33.8 cm³/mol. The van der Waals surface area contributed by atoms with Crippen LogP contribution in [0.4, 0.5) is 0 Å². The van der Waals surface area contributed by atoms with Crippen molar-refractivity contribution in [3.8, 4) is 0 Å². The Hall–Kier alpha value is -0.0100. The number of halogens is 1. The minimum absolute atomic E-state index is 0.206. The van der Waals surface area contributed by atoms with Crippen LogP contribution in [0.2, 0.25) is 0 Å². The monoisotopic (exact) mass is 132 g/mol. The van der Waals surface area contributed by atoms with Crippen molar-refractivity contribution < 1.29 is 5.11 Å². The van der Waals surface area contributed by atoms with Gasteiger partial charge in [-0.1, -0.05) is 17.2 Å². The van der Waals surface area contributed by atoms with E-state index in [1.54, 1.807) is 0 Å². The Morgan fingerprint density at radius 2 is 2.25 bits per heavy atom. The molecule has 1 nitrogen and oxygen atoms in total. The quantitative estimate of drug-likeness (QED) is 0.532. The summed E-state index contributed by atoms with van der Waals surface area (Å²) in [6.07, 6.45) is 1.22. The van der Waals surface area contributed by atoms with Crippen LogP contribution in [0.3, 0.4) is 0 Å². The summed E-state index contributed by atoms with van der Waals surface area (Å²) >= 11 is 5.68. The summed E-state index contributed by atoms with van der Waals surface area (Å²) in [6, 6.07) is 0. The van der Waals surface area contributed by atoms with Crippen LogP contribution < -0.4 is 0 Å². The van der Waals surface area contributed by atoms with Crippen molar-refractivity contribution in [3.05, 3.63) is 10.6 Å². The molecule has 0 aliphatic heterocycles. The molecule has 0 fully saturated rings. The van der Waals surface area contributed by atoms with Crippen LogP contribution in [0, 0.1) is 0 Å². The summed E-state index contributed by atoms with van der Waals surface area (Å²) in [7, 11) is 0. The first-order valence-electron chi connectivity index (χ1n) is 2.72. The maximum absolute atomic E-state index is 8.94. The van der Waals surface area contributed by atoms with Gasteiger partial charge in [0.1, 0.15) is 0 Å². The van der Waals surface area contributed by atoms with Gasteiger partial charge in [-0.25, -0.2) is 0 Å². The van der Waals surface area contributed by atoms with E-state index in [0.29, 0.717) is 6.42 Å². The standard InChI is InChI=1S/C6H9ClO/c1-4-2-5(8)3-6(4)7/h5,8H,2-3H2,1H3. The van der Waals surface area contributed by atoms with Gasteiger partial charge >= 0.3 is 0 Å². The fraction of sp³-hybridized carbons (Fsp3) is 0.667. The molecule has 0 saturated heterocycles. The number of aliphatic hydroxyl groups is 1. The van der Waals surface area contributed by atoms with Crippen molar-refractivity contribution in [1.82, 2.24) is 0 Å². The zero-order valence-corrected chi connectivity index (χ0v) is 5.57. The Morgan fingerprint density at radius 3 is 2.38 bits per heavy atom. The molecule has 8 heavy (non-hydrogen) atoms. The molecule has 1 aliphatic carbocycles. The van der Waals surface area contributed by atoms with Crippen molar-refractivity contribution in [3.63, 3.8) is 0 Å². The minimum atomic E-state index is -0.206. The zero-order chi connectivity index (χ0) is 6.15. The Bertz CT molecular complexity index is 114. The lowest BCUT2D eigenvalue weighted by molar-refractivity contribution is 0.187. The molecule has 0 amide bonds. The number of hydrogen-bond donors (Lipinski definition) is 1. The Labute approximate surface area is 54.0 Å². The maximum atomic E-state index is 8.94. The second-order valence-electron chi connectivity index (χ2n) is 2.25. The van der Waals surface area contributed by atoms with Gasteiger partial charge in [0.15, 0.2) is 0 Å². The second-order valence-corrected chi connectivity index (χ2v) is 2.70. The van der Waals surface area contributed by atoms with Crippen LogP contribution in [0.1, 0.15) is 19.8 Å². The molecule has 1 aliphatic rings. The molecule has 1 atom stereocenters. The van der Waals surface area contributed by atoms with Gasteiger partial charge in [0.05, 0.1) is 6.10 Å². The van der Waals surface area contributed by atoms with Gasteiger partial charge < -0.3 is 5.11 Å². The average molecular weight is 133 g/mol. The Morgan fingerprint density at radius 1 is 1.62 bits per heavy atom. The second kappa shape index (κ2) is 2.08. The molecule has 0 aromatic heterocycles. The Kier molecular flexibility index (Phi) is 1.59. The van der Waals surface area contributed by atoms with E-state index in [1.165, 1.54) is 0 Å². The largest absolute Gasteiger partial charge is 0.392 e. The van der Waals surface area contributed by atoms with Gasteiger partial charge in [0.2, 0.25) is 0 Å². The summed E-state index contributed by atoms with van der Waals surface area (Å²) in [6.45, 7) is 1.96. The first-order valence-corrected chi connectivity index (χ1v) is 3.10. The van der Waals surface area contributed by atoms with Crippen molar-refractivity contribution in [1.29, 1.82) is 0 Å². The molecule has 0 heterocycles. The lowest BCUT2D eigenvalue weighted by Gasteiger charge is -1.94. The number of hydrogen-bond acceptors (Lipinski definition) is 1. The maximum Gasteiger partial charge on any atom is 0.0626 e. The summed E-state index contributed by atoms with van der Waals surface area (Å²) in [4.78, 5) is 0. The third-order valence-electron chi connectivity index (χ3n) is 1.42. The van der Waals surface area contributed by atoms with Gasteiger partial charge in [-0.2, -0.15) is 0 Å². The van der Waals surface area contributed by atoms with E-state index in [-0.39, 0.29) is 6.10 Å². The van der Waals surface area contributed by atoms with Gasteiger partial charge in [0.25, 0.3) is 0 Å². The molecule has 0 bridgehead atoms. The van der Waals surface area contributed by atoms with Gasteiger partial charge in [0, 0.05) is 11.5 Å². The summed E-state index contributed by atoms with van der Waals surface area (Å²) in [5, 5.41) is 9.79. The van der Waals surface area contributed by atoms with Crippen molar-refractivity contribution >= 4 is 11.6 Å². The van der Waals surface area contributed by atoms with E-state index >= 15 is 0 Å². The number of aliphatic hydroxyl groups excluding tert-OH is 1. The van der Waals surface area contributed by atoms with Crippen LogP contribution in [0.25, 0.3) is 0 Å². The third kappa shape index (κ3) is 1.04. The highest BCUT2D eigenvalue weighted by Crippen LogP contribution is 2.28. The molecule has 1 unspecified atom stereocenters. The molecule has 0 radical (unpaired) electrons. The first-order chi connectivity index (χ1) is 3.70. The average Bonchev–Trinajstić information content (AvgIpc) is 1.85. The predicted octanol–water partition coefficient (Wildman–Crippen LogP) is 1.65. The molecule has 1 rings (SSSR count). The van der Waals surface area contributed by atoms with Crippen LogP contribution >= 0.6 is 11.6 Å². The summed E-state index contributed by atoms with van der Waals surface area (Å²) in [5.74, 6) is 0. The SMILES string of the molecule is CC1=C(Cl)CC(O)C1. The molecule has 0 saturated carbocycles. The molecule has 2 heteroatoms. The van der Waals surface area contributed by atoms with E-state index in [0.717, 1.165) is 17.0 Å². The van der Waals surface area contributed by atoms with Crippen LogP contribution in [-0.2, 0) is 0 Å². The molecule has 0 aromatic rings. The molecule has 1 N–H and O–H groups in total. The van der Waals surface area contributed by atoms with Gasteiger partial charge in [-0.3, -0.25) is 0 Å². The smallest absolute Gasteiger partial charge is 0.0626 e. The van der Waals surface area contributed by atoms with E-state index in [1.807, 2.05) is 6.92 Å². The summed E-state index contributed by atoms with van der Waals surface area (Å²) < 4.78 is 0. The lowest BCUT2D eigenvalue weighted by Crippen LogP contribution is -1.97. The number of rotatable bonds is 0. The van der Waals surface area contributed by atoms with E-state index in [2.05, 4.69) is 0 Å². The third-order valence-corrected chi connectivity index (χ3v) is 1.90. The highest BCUT2D eigenvalue weighted by molar-refractivity contribution is 6.30. The molecule has 0 aromatic carbocycles. The van der Waals surface area contributed by atoms with Gasteiger partial charge in [-0.05, 0) is 13.3 Å².